The molecular formula is C25H31N3O4. The van der Waals surface area contributed by atoms with E-state index in [4.69, 9.17) is 9.47 Å². The topological polar surface area (TPSA) is 72.0 Å². The van der Waals surface area contributed by atoms with Crippen molar-refractivity contribution in [1.82, 2.24) is 14.8 Å². The molecule has 2 aromatic rings. The van der Waals surface area contributed by atoms with Crippen molar-refractivity contribution in [2.45, 2.75) is 33.0 Å². The van der Waals surface area contributed by atoms with Crippen LogP contribution in [0.4, 0.5) is 0 Å². The van der Waals surface area contributed by atoms with Crippen LogP contribution in [-0.2, 0) is 27.4 Å². The lowest BCUT2D eigenvalue weighted by Gasteiger charge is -2.30. The van der Waals surface area contributed by atoms with Crippen molar-refractivity contribution in [3.05, 3.63) is 59.9 Å². The number of pyridine rings is 1. The Morgan fingerprint density at radius 1 is 1.22 bits per heavy atom. The number of carbonyl (C=O) groups excluding carboxylic acids is 2. The lowest BCUT2D eigenvalue weighted by Crippen LogP contribution is -2.45. The largest absolute Gasteiger partial charge is 0.492 e. The van der Waals surface area contributed by atoms with Crippen LogP contribution in [0.25, 0.3) is 0 Å². The Labute approximate surface area is 189 Å². The van der Waals surface area contributed by atoms with E-state index < -0.39 is 0 Å². The molecule has 2 amide bonds. The molecule has 0 unspecified atom stereocenters. The Morgan fingerprint density at radius 3 is 2.84 bits per heavy atom. The van der Waals surface area contributed by atoms with Crippen molar-refractivity contribution in [1.29, 1.82) is 0 Å². The highest BCUT2D eigenvalue weighted by atomic mass is 16.5. The fraction of sp³-hybridized carbons (Fsp3) is 0.480. The van der Waals surface area contributed by atoms with Gasteiger partial charge >= 0.3 is 0 Å². The molecule has 3 heterocycles. The molecular weight excluding hydrogens is 406 g/mol. The van der Waals surface area contributed by atoms with Gasteiger partial charge in [-0.05, 0) is 35.6 Å². The van der Waals surface area contributed by atoms with Crippen molar-refractivity contribution < 1.29 is 19.1 Å². The first-order chi connectivity index (χ1) is 15.5. The number of aromatic nitrogens is 1. The third-order valence-electron chi connectivity index (χ3n) is 5.86. The van der Waals surface area contributed by atoms with Crippen LogP contribution in [0.1, 0.15) is 25.0 Å². The maximum absolute atomic E-state index is 13.4. The third kappa shape index (κ3) is 5.46. The highest BCUT2D eigenvalue weighted by Crippen LogP contribution is 2.28. The van der Waals surface area contributed by atoms with Crippen molar-refractivity contribution in [2.75, 3.05) is 32.8 Å². The Hall–Kier alpha value is -2.93. The molecule has 7 nitrogen and oxygen atoms in total. The molecule has 1 aromatic heterocycles. The maximum atomic E-state index is 13.4. The second kappa shape index (κ2) is 10.1. The number of amides is 2. The number of carbonyl (C=O) groups is 2. The smallest absolute Gasteiger partial charge is 0.242 e. The molecule has 32 heavy (non-hydrogen) atoms. The molecule has 0 aliphatic carbocycles. The van der Waals surface area contributed by atoms with Crippen LogP contribution < -0.4 is 4.74 Å². The number of para-hydroxylation sites is 1. The first-order valence-electron chi connectivity index (χ1n) is 11.3. The summed E-state index contributed by atoms with van der Waals surface area (Å²) in [6, 6.07) is 11.6. The van der Waals surface area contributed by atoms with E-state index in [0.29, 0.717) is 45.2 Å². The zero-order chi connectivity index (χ0) is 22.5. The van der Waals surface area contributed by atoms with Crippen LogP contribution in [0, 0.1) is 11.8 Å². The zero-order valence-corrected chi connectivity index (χ0v) is 18.8. The molecule has 2 aliphatic rings. The summed E-state index contributed by atoms with van der Waals surface area (Å²) in [7, 11) is 0. The Balaban J connectivity index is 1.47. The van der Waals surface area contributed by atoms with Crippen LogP contribution in [0.15, 0.2) is 48.8 Å². The summed E-state index contributed by atoms with van der Waals surface area (Å²) in [5.74, 6) is 0.798. The predicted molar refractivity (Wildman–Crippen MR) is 120 cm³/mol. The summed E-state index contributed by atoms with van der Waals surface area (Å²) in [6.07, 6.45) is 3.86. The first-order valence-corrected chi connectivity index (χ1v) is 11.3. The lowest BCUT2D eigenvalue weighted by atomic mass is 9.95. The van der Waals surface area contributed by atoms with Crippen molar-refractivity contribution in [3.63, 3.8) is 0 Å². The minimum absolute atomic E-state index is 0.0309. The summed E-state index contributed by atoms with van der Waals surface area (Å²) >= 11 is 0. The van der Waals surface area contributed by atoms with Crippen LogP contribution in [-0.4, -0.2) is 65.5 Å². The normalized spacial score (nSPS) is 21.2. The Morgan fingerprint density at radius 2 is 2.06 bits per heavy atom. The predicted octanol–water partition coefficient (Wildman–Crippen LogP) is 2.54. The van der Waals surface area contributed by atoms with Gasteiger partial charge in [0, 0.05) is 32.0 Å². The summed E-state index contributed by atoms with van der Waals surface area (Å²) in [6.45, 7) is 6.49. The van der Waals surface area contributed by atoms with Gasteiger partial charge in [0.1, 0.15) is 12.4 Å². The summed E-state index contributed by atoms with van der Waals surface area (Å²) < 4.78 is 12.0. The van der Waals surface area contributed by atoms with Gasteiger partial charge < -0.3 is 19.3 Å². The molecule has 0 spiro atoms. The molecule has 1 aromatic carbocycles. The number of fused-ring (bicyclic) bond motifs is 1. The van der Waals surface area contributed by atoms with E-state index >= 15 is 0 Å². The van der Waals surface area contributed by atoms with E-state index in [9.17, 15) is 9.59 Å². The quantitative estimate of drug-likeness (QED) is 0.695. The van der Waals surface area contributed by atoms with Gasteiger partial charge in [0.15, 0.2) is 0 Å². The molecule has 0 saturated carbocycles. The first kappa shape index (κ1) is 22.3. The van der Waals surface area contributed by atoms with Crippen molar-refractivity contribution >= 4 is 11.8 Å². The van der Waals surface area contributed by atoms with Gasteiger partial charge in [0.05, 0.1) is 25.2 Å². The van der Waals surface area contributed by atoms with E-state index in [0.717, 1.165) is 16.9 Å². The molecule has 7 heteroatoms. The molecule has 1 fully saturated rings. The fourth-order valence-electron chi connectivity index (χ4n) is 4.31. The average molecular weight is 438 g/mol. The summed E-state index contributed by atoms with van der Waals surface area (Å²) in [5.41, 5.74) is 2.00. The molecule has 0 bridgehead atoms. The third-order valence-corrected chi connectivity index (χ3v) is 5.86. The molecule has 0 N–H and O–H groups in total. The molecule has 2 atom stereocenters. The number of hydrogen-bond donors (Lipinski definition) is 0. The second-order valence-electron chi connectivity index (χ2n) is 9.03. The summed E-state index contributed by atoms with van der Waals surface area (Å²) in [5, 5.41) is 0. The molecule has 2 aliphatic heterocycles. The minimum atomic E-state index is -0.298. The van der Waals surface area contributed by atoms with E-state index in [1.165, 1.54) is 0 Å². The van der Waals surface area contributed by atoms with E-state index in [1.807, 2.05) is 41.3 Å². The molecule has 1 saturated heterocycles. The molecule has 0 radical (unpaired) electrons. The highest BCUT2D eigenvalue weighted by molar-refractivity contribution is 5.87. The maximum Gasteiger partial charge on any atom is 0.242 e. The van der Waals surface area contributed by atoms with E-state index in [-0.39, 0.29) is 30.4 Å². The number of hydrogen-bond acceptors (Lipinski definition) is 5. The van der Waals surface area contributed by atoms with Crippen LogP contribution in [0.2, 0.25) is 0 Å². The monoisotopic (exact) mass is 437 g/mol. The zero-order valence-electron chi connectivity index (χ0n) is 18.8. The van der Waals surface area contributed by atoms with Crippen LogP contribution in [0.3, 0.4) is 0 Å². The van der Waals surface area contributed by atoms with E-state index in [1.54, 1.807) is 17.3 Å². The summed E-state index contributed by atoms with van der Waals surface area (Å²) in [4.78, 5) is 34.1. The minimum Gasteiger partial charge on any atom is -0.492 e. The van der Waals surface area contributed by atoms with Crippen molar-refractivity contribution in [3.8, 4) is 5.75 Å². The number of ether oxygens (including phenoxy) is 2. The molecule has 170 valence electrons. The number of rotatable bonds is 6. The van der Waals surface area contributed by atoms with Crippen molar-refractivity contribution in [2.24, 2.45) is 11.8 Å². The van der Waals surface area contributed by atoms with Gasteiger partial charge in [-0.1, -0.05) is 38.1 Å². The lowest BCUT2D eigenvalue weighted by molar-refractivity contribution is -0.142. The molecule has 4 rings (SSSR count). The van der Waals surface area contributed by atoms with Gasteiger partial charge in [-0.3, -0.25) is 14.6 Å². The SMILES string of the molecule is CC(C)CN1C[C@@H](OCc2cccnc2)CN(C(=O)[C@H]2COc3ccccc3C2)CC1=O. The van der Waals surface area contributed by atoms with Crippen LogP contribution in [0.5, 0.6) is 5.75 Å². The average Bonchev–Trinajstić information content (AvgIpc) is 2.95. The van der Waals surface area contributed by atoms with Crippen LogP contribution >= 0.6 is 0 Å². The van der Waals surface area contributed by atoms with Gasteiger partial charge in [0.2, 0.25) is 11.8 Å². The standard InChI is InChI=1S/C25H31N3O4/c1-18(2)12-27-13-22(31-16-19-6-5-9-26-11-19)14-28(15-24(27)29)25(30)21-10-20-7-3-4-8-23(20)32-17-21/h3-9,11,18,21-22H,10,12-17H2,1-2H3/t21-,22-/m1/s1. The number of nitrogens with zero attached hydrogens (tertiary/aromatic N) is 3. The highest BCUT2D eigenvalue weighted by Gasteiger charge is 2.35. The van der Waals surface area contributed by atoms with Gasteiger partial charge in [-0.25, -0.2) is 0 Å². The Kier molecular flexibility index (Phi) is 7.05. The van der Waals surface area contributed by atoms with E-state index in [2.05, 4.69) is 18.8 Å². The number of benzene rings is 1. The van der Waals surface area contributed by atoms with Gasteiger partial charge in [-0.2, -0.15) is 0 Å². The van der Waals surface area contributed by atoms with Gasteiger partial charge in [-0.15, -0.1) is 0 Å². The fourth-order valence-corrected chi connectivity index (χ4v) is 4.31. The second-order valence-corrected chi connectivity index (χ2v) is 9.03. The Bertz CT molecular complexity index is 934. The van der Waals surface area contributed by atoms with Gasteiger partial charge in [0.25, 0.3) is 0 Å².